The lowest BCUT2D eigenvalue weighted by atomic mass is 10.1. The van der Waals surface area contributed by atoms with Gasteiger partial charge in [0, 0.05) is 12.6 Å². The number of carbonyl (C=O) groups excluding carboxylic acids is 2. The first kappa shape index (κ1) is 31.6. The number of anilines is 1. The Bertz CT molecular complexity index is 1430. The van der Waals surface area contributed by atoms with Crippen LogP contribution < -0.4 is 14.4 Å². The second kappa shape index (κ2) is 14.1. The molecule has 10 heteroatoms. The normalized spacial score (nSPS) is 12.7. The van der Waals surface area contributed by atoms with Crippen molar-refractivity contribution in [2.75, 3.05) is 18.0 Å². The molecule has 0 unspecified atom stereocenters. The van der Waals surface area contributed by atoms with Gasteiger partial charge in [0.2, 0.25) is 11.8 Å². The quantitative estimate of drug-likeness (QED) is 0.304. The second-order valence-corrected chi connectivity index (χ2v) is 11.7. The Morgan fingerprint density at radius 3 is 2.17 bits per heavy atom. The van der Waals surface area contributed by atoms with Crippen molar-refractivity contribution >= 4 is 27.5 Å². The summed E-state index contributed by atoms with van der Waals surface area (Å²) in [5.74, 6) is -1.10. The van der Waals surface area contributed by atoms with E-state index in [-0.39, 0.29) is 41.2 Å². The van der Waals surface area contributed by atoms with Crippen LogP contribution in [-0.2, 0) is 26.2 Å². The fourth-order valence-electron chi connectivity index (χ4n) is 4.33. The van der Waals surface area contributed by atoms with Gasteiger partial charge in [-0.1, -0.05) is 55.8 Å². The molecule has 0 saturated heterocycles. The van der Waals surface area contributed by atoms with Crippen molar-refractivity contribution in [1.29, 1.82) is 0 Å². The third-order valence-corrected chi connectivity index (χ3v) is 8.67. The molecule has 3 aromatic rings. The highest BCUT2D eigenvalue weighted by Crippen LogP contribution is 2.32. The van der Waals surface area contributed by atoms with Crippen LogP contribution in [0.25, 0.3) is 0 Å². The van der Waals surface area contributed by atoms with Crippen molar-refractivity contribution in [2.24, 2.45) is 0 Å². The van der Waals surface area contributed by atoms with Gasteiger partial charge in [0.25, 0.3) is 10.0 Å². The van der Waals surface area contributed by atoms with E-state index in [9.17, 15) is 22.4 Å². The van der Waals surface area contributed by atoms with Crippen molar-refractivity contribution in [3.05, 3.63) is 89.7 Å². The number of ether oxygens (including phenoxy) is 1. The van der Waals surface area contributed by atoms with E-state index in [1.165, 1.54) is 48.4 Å². The Morgan fingerprint density at radius 2 is 1.59 bits per heavy atom. The smallest absolute Gasteiger partial charge is 0.264 e. The molecule has 3 aromatic carbocycles. The number of nitrogens with zero attached hydrogens (tertiary/aromatic N) is 2. The summed E-state index contributed by atoms with van der Waals surface area (Å²) in [6.07, 6.45) is 0.985. The maximum Gasteiger partial charge on any atom is 0.264 e. The first-order valence-electron chi connectivity index (χ1n) is 13.6. The topological polar surface area (TPSA) is 96.0 Å². The molecule has 0 saturated carbocycles. The average Bonchev–Trinajstić information content (AvgIpc) is 2.96. The van der Waals surface area contributed by atoms with Gasteiger partial charge in [-0.25, -0.2) is 12.8 Å². The SMILES string of the molecule is CC[C@@H](C)NC(=O)[C@@H](CC)N(Cc1ccc(F)cc1)C(=O)CN(c1ccccc1OC)S(=O)(=O)c1ccc(C)cc1. The summed E-state index contributed by atoms with van der Waals surface area (Å²) in [4.78, 5) is 28.8. The van der Waals surface area contributed by atoms with Crippen LogP contribution in [0.2, 0.25) is 0 Å². The predicted molar refractivity (Wildman–Crippen MR) is 158 cm³/mol. The van der Waals surface area contributed by atoms with Crippen LogP contribution in [0, 0.1) is 12.7 Å². The molecule has 2 atom stereocenters. The van der Waals surface area contributed by atoms with E-state index < -0.39 is 34.3 Å². The minimum atomic E-state index is -4.23. The van der Waals surface area contributed by atoms with E-state index in [2.05, 4.69) is 5.32 Å². The number of methoxy groups -OCH3 is 1. The van der Waals surface area contributed by atoms with Gasteiger partial charge in [-0.15, -0.1) is 0 Å². The third-order valence-electron chi connectivity index (χ3n) is 6.89. The molecular formula is C31H38FN3O5S. The molecule has 0 aliphatic rings. The number of nitrogens with one attached hydrogen (secondary N) is 1. The summed E-state index contributed by atoms with van der Waals surface area (Å²) in [7, 11) is -2.81. The van der Waals surface area contributed by atoms with E-state index >= 15 is 0 Å². The molecule has 2 amide bonds. The number of halogens is 1. The first-order valence-corrected chi connectivity index (χ1v) is 15.0. The van der Waals surface area contributed by atoms with Crippen molar-refractivity contribution in [1.82, 2.24) is 10.2 Å². The summed E-state index contributed by atoms with van der Waals surface area (Å²) in [5.41, 5.74) is 1.66. The highest BCUT2D eigenvalue weighted by molar-refractivity contribution is 7.92. The standard InChI is InChI=1S/C31H38FN3O5S/c1-6-23(4)33-31(37)27(7-2)34(20-24-14-16-25(32)17-15-24)30(36)21-35(28-10-8-9-11-29(28)40-5)41(38,39)26-18-12-22(3)13-19-26/h8-19,23,27H,6-7,20-21H2,1-5H3,(H,33,37)/t23-,27-/m1/s1. The number of para-hydroxylation sites is 2. The minimum absolute atomic E-state index is 0.00782. The van der Waals surface area contributed by atoms with Crippen LogP contribution in [0.15, 0.2) is 77.7 Å². The molecule has 0 aliphatic carbocycles. The molecule has 0 bridgehead atoms. The number of carbonyl (C=O) groups is 2. The molecule has 0 fully saturated rings. The van der Waals surface area contributed by atoms with Crippen molar-refractivity contribution < 1.29 is 27.1 Å². The number of benzene rings is 3. The van der Waals surface area contributed by atoms with Gasteiger partial charge in [0.1, 0.15) is 24.2 Å². The molecule has 3 rings (SSSR count). The van der Waals surface area contributed by atoms with Crippen LogP contribution >= 0.6 is 0 Å². The van der Waals surface area contributed by atoms with Crippen molar-refractivity contribution in [3.8, 4) is 5.75 Å². The van der Waals surface area contributed by atoms with E-state index in [1.807, 2.05) is 20.8 Å². The molecule has 0 heterocycles. The van der Waals surface area contributed by atoms with E-state index in [4.69, 9.17) is 4.74 Å². The van der Waals surface area contributed by atoms with Crippen LogP contribution in [0.1, 0.15) is 44.7 Å². The number of rotatable bonds is 13. The largest absolute Gasteiger partial charge is 0.495 e. The highest BCUT2D eigenvalue weighted by atomic mass is 32.2. The zero-order valence-corrected chi connectivity index (χ0v) is 24.9. The van der Waals surface area contributed by atoms with Gasteiger partial charge < -0.3 is 15.0 Å². The summed E-state index contributed by atoms with van der Waals surface area (Å²) in [6.45, 7) is 6.83. The predicted octanol–water partition coefficient (Wildman–Crippen LogP) is 5.06. The number of sulfonamides is 1. The Hall–Kier alpha value is -3.92. The molecule has 0 aromatic heterocycles. The van der Waals surface area contributed by atoms with Crippen molar-refractivity contribution in [3.63, 3.8) is 0 Å². The molecule has 0 aliphatic heterocycles. The van der Waals surface area contributed by atoms with Crippen molar-refractivity contribution in [2.45, 2.75) is 64.1 Å². The summed E-state index contributed by atoms with van der Waals surface area (Å²) in [5, 5.41) is 2.93. The average molecular weight is 584 g/mol. The molecular weight excluding hydrogens is 545 g/mol. The fraction of sp³-hybridized carbons (Fsp3) is 0.355. The number of hydrogen-bond donors (Lipinski definition) is 1. The van der Waals surface area contributed by atoms with Gasteiger partial charge in [-0.05, 0) is 68.7 Å². The summed E-state index contributed by atoms with van der Waals surface area (Å²) >= 11 is 0. The Balaban J connectivity index is 2.09. The lowest BCUT2D eigenvalue weighted by molar-refractivity contribution is -0.140. The molecule has 0 spiro atoms. The number of amides is 2. The summed E-state index contributed by atoms with van der Waals surface area (Å²) < 4.78 is 48.1. The van der Waals surface area contributed by atoms with Gasteiger partial charge >= 0.3 is 0 Å². The number of hydrogen-bond acceptors (Lipinski definition) is 5. The Kier molecular flexibility index (Phi) is 10.9. The Morgan fingerprint density at radius 1 is 0.951 bits per heavy atom. The van der Waals surface area contributed by atoms with Crippen LogP contribution in [0.4, 0.5) is 10.1 Å². The van der Waals surface area contributed by atoms with Gasteiger partial charge in [0.15, 0.2) is 0 Å². The minimum Gasteiger partial charge on any atom is -0.495 e. The van der Waals surface area contributed by atoms with Crippen LogP contribution in [-0.4, -0.2) is 50.9 Å². The number of aryl methyl sites for hydroxylation is 1. The zero-order valence-electron chi connectivity index (χ0n) is 24.1. The molecule has 1 N–H and O–H groups in total. The molecule has 8 nitrogen and oxygen atoms in total. The second-order valence-electron chi connectivity index (χ2n) is 9.89. The lowest BCUT2D eigenvalue weighted by Crippen LogP contribution is -2.53. The van der Waals surface area contributed by atoms with Crippen LogP contribution in [0.3, 0.4) is 0 Å². The maximum absolute atomic E-state index is 14.1. The lowest BCUT2D eigenvalue weighted by Gasteiger charge is -2.34. The van der Waals surface area contributed by atoms with Gasteiger partial charge in [-0.3, -0.25) is 13.9 Å². The monoisotopic (exact) mass is 583 g/mol. The Labute approximate surface area is 242 Å². The van der Waals surface area contributed by atoms with E-state index in [1.54, 1.807) is 43.3 Å². The molecule has 41 heavy (non-hydrogen) atoms. The van der Waals surface area contributed by atoms with Gasteiger partial charge in [0.05, 0.1) is 17.7 Å². The third kappa shape index (κ3) is 7.85. The summed E-state index contributed by atoms with van der Waals surface area (Å²) in [6, 6.07) is 17.5. The molecule has 220 valence electrons. The molecule has 0 radical (unpaired) electrons. The maximum atomic E-state index is 14.1. The van der Waals surface area contributed by atoms with Gasteiger partial charge in [-0.2, -0.15) is 0 Å². The van der Waals surface area contributed by atoms with Crippen LogP contribution in [0.5, 0.6) is 5.75 Å². The van der Waals surface area contributed by atoms with E-state index in [0.717, 1.165) is 9.87 Å². The zero-order chi connectivity index (χ0) is 30.2. The van der Waals surface area contributed by atoms with E-state index in [0.29, 0.717) is 12.0 Å². The first-order chi connectivity index (χ1) is 19.5. The fourth-order valence-corrected chi connectivity index (χ4v) is 5.76. The highest BCUT2D eigenvalue weighted by Gasteiger charge is 2.35.